The van der Waals surface area contributed by atoms with E-state index in [9.17, 15) is 4.79 Å². The summed E-state index contributed by atoms with van der Waals surface area (Å²) in [5.41, 5.74) is 1.92. The Morgan fingerprint density at radius 3 is 2.83 bits per heavy atom. The van der Waals surface area contributed by atoms with Crippen LogP contribution in [0.5, 0.6) is 0 Å². The quantitative estimate of drug-likeness (QED) is 0.906. The van der Waals surface area contributed by atoms with Crippen LogP contribution in [0, 0.1) is 5.41 Å². The van der Waals surface area contributed by atoms with Gasteiger partial charge in [0, 0.05) is 5.69 Å². The zero-order valence-corrected chi connectivity index (χ0v) is 13.6. The van der Waals surface area contributed by atoms with E-state index in [1.807, 2.05) is 24.3 Å². The second-order valence-corrected chi connectivity index (χ2v) is 6.76. The summed E-state index contributed by atoms with van der Waals surface area (Å²) in [6, 6.07) is 7.71. The van der Waals surface area contributed by atoms with Crippen LogP contribution in [-0.2, 0) is 11.3 Å². The first kappa shape index (κ1) is 15.7. The summed E-state index contributed by atoms with van der Waals surface area (Å²) in [5, 5.41) is 10.4. The fraction of sp³-hybridized carbons (Fsp3) is 0.471. The number of aromatic nitrogens is 3. The first-order chi connectivity index (χ1) is 11.0. The number of nitrogens with zero attached hydrogens (tertiary/aromatic N) is 3. The number of nitrogens with one attached hydrogen (secondary N) is 2. The monoisotopic (exact) mass is 313 g/mol. The van der Waals surface area contributed by atoms with Gasteiger partial charge in [-0.2, -0.15) is 5.10 Å². The van der Waals surface area contributed by atoms with Gasteiger partial charge < -0.3 is 10.6 Å². The second-order valence-electron chi connectivity index (χ2n) is 6.76. The Balaban J connectivity index is 1.62. The number of carbonyl (C=O) groups excluding carboxylic acids is 1. The van der Waals surface area contributed by atoms with Gasteiger partial charge in [-0.15, -0.1) is 0 Å². The standard InChI is InChI=1S/C17H23N5O/c1-17(2)8-3-9-19-15(17)16(23)21-14-6-4-13(5-7-14)10-22-12-18-11-20-22/h4-7,11-12,15,19H,3,8-10H2,1-2H3,(H,21,23). The predicted molar refractivity (Wildman–Crippen MR) is 89.0 cm³/mol. The maximum atomic E-state index is 12.5. The third kappa shape index (κ3) is 3.76. The van der Waals surface area contributed by atoms with Crippen molar-refractivity contribution in [1.29, 1.82) is 0 Å². The Hall–Kier alpha value is -2.21. The minimum atomic E-state index is -0.147. The van der Waals surface area contributed by atoms with Gasteiger partial charge in [0.25, 0.3) is 0 Å². The SMILES string of the molecule is CC1(C)CCCNC1C(=O)Nc1ccc(Cn2cncn2)cc1. The molecule has 6 nitrogen and oxygen atoms in total. The molecule has 122 valence electrons. The lowest BCUT2D eigenvalue weighted by Crippen LogP contribution is -2.53. The minimum Gasteiger partial charge on any atom is -0.325 e. The van der Waals surface area contributed by atoms with E-state index in [0.29, 0.717) is 6.54 Å². The number of hydrogen-bond acceptors (Lipinski definition) is 4. The zero-order valence-electron chi connectivity index (χ0n) is 13.6. The van der Waals surface area contributed by atoms with E-state index in [2.05, 4.69) is 34.6 Å². The molecular formula is C17H23N5O. The third-order valence-electron chi connectivity index (χ3n) is 4.42. The molecule has 0 spiro atoms. The highest BCUT2D eigenvalue weighted by Gasteiger charge is 2.36. The molecule has 3 rings (SSSR count). The molecule has 0 aliphatic carbocycles. The van der Waals surface area contributed by atoms with Gasteiger partial charge in [0.2, 0.25) is 5.91 Å². The highest BCUT2D eigenvalue weighted by atomic mass is 16.2. The van der Waals surface area contributed by atoms with Crippen LogP contribution in [0.1, 0.15) is 32.3 Å². The van der Waals surface area contributed by atoms with Crippen LogP contribution < -0.4 is 10.6 Å². The van der Waals surface area contributed by atoms with Crippen LogP contribution in [0.4, 0.5) is 5.69 Å². The summed E-state index contributed by atoms with van der Waals surface area (Å²) >= 11 is 0. The molecule has 1 aromatic heterocycles. The van der Waals surface area contributed by atoms with Crippen LogP contribution in [0.15, 0.2) is 36.9 Å². The van der Waals surface area contributed by atoms with Crippen molar-refractivity contribution in [3.63, 3.8) is 0 Å². The van der Waals surface area contributed by atoms with Crippen molar-refractivity contribution in [3.8, 4) is 0 Å². The molecule has 0 radical (unpaired) electrons. The Bertz CT molecular complexity index is 648. The topological polar surface area (TPSA) is 71.8 Å². The van der Waals surface area contributed by atoms with E-state index in [1.54, 1.807) is 11.0 Å². The van der Waals surface area contributed by atoms with E-state index in [-0.39, 0.29) is 17.4 Å². The number of carbonyl (C=O) groups is 1. The first-order valence-corrected chi connectivity index (χ1v) is 8.00. The van der Waals surface area contributed by atoms with E-state index < -0.39 is 0 Å². The van der Waals surface area contributed by atoms with Gasteiger partial charge in [0.15, 0.2) is 0 Å². The predicted octanol–water partition coefficient (Wildman–Crippen LogP) is 2.04. The van der Waals surface area contributed by atoms with Crippen molar-refractivity contribution >= 4 is 11.6 Å². The third-order valence-corrected chi connectivity index (χ3v) is 4.42. The number of piperidine rings is 1. The highest BCUT2D eigenvalue weighted by molar-refractivity contribution is 5.95. The van der Waals surface area contributed by atoms with Crippen LogP contribution >= 0.6 is 0 Å². The van der Waals surface area contributed by atoms with Crippen molar-refractivity contribution in [3.05, 3.63) is 42.5 Å². The lowest BCUT2D eigenvalue weighted by Gasteiger charge is -2.38. The molecule has 2 N–H and O–H groups in total. The molecule has 1 unspecified atom stereocenters. The maximum absolute atomic E-state index is 12.5. The van der Waals surface area contributed by atoms with Gasteiger partial charge >= 0.3 is 0 Å². The number of benzene rings is 1. The van der Waals surface area contributed by atoms with Gasteiger partial charge in [-0.1, -0.05) is 26.0 Å². The fourth-order valence-electron chi connectivity index (χ4n) is 3.07. The van der Waals surface area contributed by atoms with Crippen LogP contribution in [0.25, 0.3) is 0 Å². The number of anilines is 1. The van der Waals surface area contributed by atoms with Crippen molar-refractivity contribution < 1.29 is 4.79 Å². The van der Waals surface area contributed by atoms with Gasteiger partial charge in [0.1, 0.15) is 12.7 Å². The largest absolute Gasteiger partial charge is 0.325 e. The molecule has 1 saturated heterocycles. The van der Waals surface area contributed by atoms with E-state index in [1.165, 1.54) is 6.33 Å². The molecule has 0 saturated carbocycles. The molecule has 23 heavy (non-hydrogen) atoms. The molecule has 0 bridgehead atoms. The maximum Gasteiger partial charge on any atom is 0.242 e. The Kier molecular flexibility index (Phi) is 4.43. The Morgan fingerprint density at radius 2 is 2.17 bits per heavy atom. The lowest BCUT2D eigenvalue weighted by atomic mass is 9.77. The molecule has 6 heteroatoms. The van der Waals surface area contributed by atoms with E-state index >= 15 is 0 Å². The average molecular weight is 313 g/mol. The molecular weight excluding hydrogens is 290 g/mol. The summed E-state index contributed by atoms with van der Waals surface area (Å²) in [5.74, 6) is 0.0405. The smallest absolute Gasteiger partial charge is 0.242 e. The molecule has 2 heterocycles. The molecule has 1 aromatic carbocycles. The molecule has 1 atom stereocenters. The van der Waals surface area contributed by atoms with Crippen LogP contribution in [0.3, 0.4) is 0 Å². The fourth-order valence-corrected chi connectivity index (χ4v) is 3.07. The van der Waals surface area contributed by atoms with Gasteiger partial charge in [-0.05, 0) is 42.5 Å². The molecule has 1 amide bonds. The Labute approximate surface area is 136 Å². The molecule has 1 aliphatic heterocycles. The highest BCUT2D eigenvalue weighted by Crippen LogP contribution is 2.30. The zero-order chi connectivity index (χ0) is 16.3. The van der Waals surface area contributed by atoms with Gasteiger partial charge in [0.05, 0.1) is 12.6 Å². The summed E-state index contributed by atoms with van der Waals surface area (Å²) in [6.07, 6.45) is 5.39. The minimum absolute atomic E-state index is 0.0185. The van der Waals surface area contributed by atoms with Crippen molar-refractivity contribution in [1.82, 2.24) is 20.1 Å². The van der Waals surface area contributed by atoms with Crippen molar-refractivity contribution in [2.45, 2.75) is 39.3 Å². The summed E-state index contributed by atoms with van der Waals surface area (Å²) in [7, 11) is 0. The number of rotatable bonds is 4. The second kappa shape index (κ2) is 6.50. The average Bonchev–Trinajstić information content (AvgIpc) is 3.01. The van der Waals surface area contributed by atoms with E-state index in [4.69, 9.17) is 0 Å². The summed E-state index contributed by atoms with van der Waals surface area (Å²) in [6.45, 7) is 5.86. The van der Waals surface area contributed by atoms with Crippen molar-refractivity contribution in [2.24, 2.45) is 5.41 Å². The number of hydrogen-bond donors (Lipinski definition) is 2. The van der Waals surface area contributed by atoms with Gasteiger partial charge in [-0.3, -0.25) is 4.79 Å². The van der Waals surface area contributed by atoms with Gasteiger partial charge in [-0.25, -0.2) is 9.67 Å². The number of amides is 1. The van der Waals surface area contributed by atoms with Crippen molar-refractivity contribution in [2.75, 3.05) is 11.9 Å². The van der Waals surface area contributed by atoms with E-state index in [0.717, 1.165) is 30.6 Å². The molecule has 1 aliphatic rings. The lowest BCUT2D eigenvalue weighted by molar-refractivity contribution is -0.121. The van der Waals surface area contributed by atoms with Crippen LogP contribution in [-0.4, -0.2) is 33.3 Å². The summed E-state index contributed by atoms with van der Waals surface area (Å²) in [4.78, 5) is 16.5. The Morgan fingerprint density at radius 1 is 1.39 bits per heavy atom. The summed E-state index contributed by atoms with van der Waals surface area (Å²) < 4.78 is 1.77. The molecule has 1 fully saturated rings. The first-order valence-electron chi connectivity index (χ1n) is 8.00. The molecule has 2 aromatic rings. The van der Waals surface area contributed by atoms with Crippen LogP contribution in [0.2, 0.25) is 0 Å². The normalized spacial score (nSPS) is 20.2.